The SMILES string of the molecule is Cl.Cl.NNCCc1csc(Cl)c1. The Bertz CT molecular complexity index is 204. The second-order valence-electron chi connectivity index (χ2n) is 1.96. The van der Waals surface area contributed by atoms with Crippen LogP contribution in [0, 0.1) is 0 Å². The smallest absolute Gasteiger partial charge is 0.0931 e. The van der Waals surface area contributed by atoms with E-state index in [0.717, 1.165) is 17.3 Å². The van der Waals surface area contributed by atoms with E-state index in [1.54, 1.807) is 11.3 Å². The van der Waals surface area contributed by atoms with Crippen molar-refractivity contribution in [1.29, 1.82) is 0 Å². The van der Waals surface area contributed by atoms with Crippen LogP contribution in [0.4, 0.5) is 0 Å². The molecule has 2 nitrogen and oxygen atoms in total. The molecule has 0 aromatic carbocycles. The number of rotatable bonds is 3. The lowest BCUT2D eigenvalue weighted by Gasteiger charge is -1.93. The van der Waals surface area contributed by atoms with E-state index in [9.17, 15) is 0 Å². The van der Waals surface area contributed by atoms with Gasteiger partial charge in [0.15, 0.2) is 0 Å². The van der Waals surface area contributed by atoms with Gasteiger partial charge in [-0.15, -0.1) is 36.2 Å². The maximum Gasteiger partial charge on any atom is 0.0931 e. The maximum absolute atomic E-state index is 5.71. The molecule has 6 heteroatoms. The molecular weight excluding hydrogens is 239 g/mol. The van der Waals surface area contributed by atoms with Crippen LogP contribution in [0.5, 0.6) is 0 Å². The first-order chi connectivity index (χ1) is 4.83. The first-order valence-electron chi connectivity index (χ1n) is 2.99. The Kier molecular flexibility index (Phi) is 10.1. The molecule has 3 N–H and O–H groups in total. The van der Waals surface area contributed by atoms with Gasteiger partial charge in [0.2, 0.25) is 0 Å². The van der Waals surface area contributed by atoms with E-state index in [4.69, 9.17) is 17.4 Å². The fourth-order valence-corrected chi connectivity index (χ4v) is 1.64. The van der Waals surface area contributed by atoms with Crippen molar-refractivity contribution in [3.05, 3.63) is 21.3 Å². The van der Waals surface area contributed by atoms with Gasteiger partial charge in [0.1, 0.15) is 0 Å². The lowest BCUT2D eigenvalue weighted by Crippen LogP contribution is -2.24. The van der Waals surface area contributed by atoms with Crippen molar-refractivity contribution in [2.45, 2.75) is 6.42 Å². The third kappa shape index (κ3) is 5.19. The van der Waals surface area contributed by atoms with Gasteiger partial charge in [-0.05, 0) is 23.4 Å². The molecule has 1 aromatic heterocycles. The highest BCUT2D eigenvalue weighted by Gasteiger charge is 1.95. The predicted octanol–water partition coefficient (Wildman–Crippen LogP) is 2.25. The van der Waals surface area contributed by atoms with Crippen molar-refractivity contribution in [2.75, 3.05) is 6.54 Å². The van der Waals surface area contributed by atoms with Crippen LogP contribution in [-0.2, 0) is 6.42 Å². The molecule has 0 aliphatic heterocycles. The van der Waals surface area contributed by atoms with Crippen LogP contribution in [0.25, 0.3) is 0 Å². The van der Waals surface area contributed by atoms with Gasteiger partial charge >= 0.3 is 0 Å². The van der Waals surface area contributed by atoms with Crippen LogP contribution in [0.1, 0.15) is 5.56 Å². The minimum atomic E-state index is 0. The highest BCUT2D eigenvalue weighted by atomic mass is 35.5. The molecule has 1 heterocycles. The molecule has 0 saturated carbocycles. The van der Waals surface area contributed by atoms with Crippen LogP contribution in [0.15, 0.2) is 11.4 Å². The second kappa shape index (κ2) is 8.10. The summed E-state index contributed by atoms with van der Waals surface area (Å²) in [6, 6.07) is 1.96. The quantitative estimate of drug-likeness (QED) is 0.637. The van der Waals surface area contributed by atoms with E-state index in [1.807, 2.05) is 11.4 Å². The Morgan fingerprint density at radius 3 is 2.58 bits per heavy atom. The van der Waals surface area contributed by atoms with Crippen LogP contribution >= 0.6 is 47.8 Å². The number of hydrogen-bond acceptors (Lipinski definition) is 3. The number of hydrazine groups is 1. The van der Waals surface area contributed by atoms with Crippen molar-refractivity contribution in [1.82, 2.24) is 5.43 Å². The van der Waals surface area contributed by atoms with E-state index >= 15 is 0 Å². The van der Waals surface area contributed by atoms with Gasteiger partial charge in [0.25, 0.3) is 0 Å². The lowest BCUT2D eigenvalue weighted by atomic mass is 10.2. The van der Waals surface area contributed by atoms with Gasteiger partial charge in [-0.25, -0.2) is 0 Å². The van der Waals surface area contributed by atoms with Crippen LogP contribution in [0.2, 0.25) is 4.34 Å². The van der Waals surface area contributed by atoms with Crippen LogP contribution in [-0.4, -0.2) is 6.54 Å². The number of hydrogen-bond donors (Lipinski definition) is 2. The summed E-state index contributed by atoms with van der Waals surface area (Å²) in [5.74, 6) is 5.10. The molecule has 0 aliphatic carbocycles. The Labute approximate surface area is 93.3 Å². The molecule has 0 aliphatic rings. The number of nitrogens with two attached hydrogens (primary N) is 1. The molecule has 72 valence electrons. The summed E-state index contributed by atoms with van der Waals surface area (Å²) >= 11 is 7.26. The normalized spacial score (nSPS) is 8.50. The molecule has 0 spiro atoms. The Hall–Kier alpha value is 0.490. The molecule has 0 unspecified atom stereocenters. The van der Waals surface area contributed by atoms with E-state index < -0.39 is 0 Å². The lowest BCUT2D eigenvalue weighted by molar-refractivity contribution is 0.729. The van der Waals surface area contributed by atoms with Gasteiger partial charge < -0.3 is 0 Å². The molecule has 0 radical (unpaired) electrons. The largest absolute Gasteiger partial charge is 0.271 e. The molecule has 0 saturated heterocycles. The van der Waals surface area contributed by atoms with Gasteiger partial charge in [-0.2, -0.15) is 0 Å². The van der Waals surface area contributed by atoms with E-state index in [2.05, 4.69) is 5.43 Å². The van der Waals surface area contributed by atoms with Gasteiger partial charge in [0.05, 0.1) is 4.34 Å². The summed E-state index contributed by atoms with van der Waals surface area (Å²) in [7, 11) is 0. The first kappa shape index (κ1) is 15.0. The topological polar surface area (TPSA) is 38.0 Å². The molecule has 0 bridgehead atoms. The summed E-state index contributed by atoms with van der Waals surface area (Å²) in [6.45, 7) is 0.799. The zero-order valence-electron chi connectivity index (χ0n) is 6.25. The predicted molar refractivity (Wildman–Crippen MR) is 59.7 cm³/mol. The van der Waals surface area contributed by atoms with Gasteiger partial charge in [0, 0.05) is 6.54 Å². The fraction of sp³-hybridized carbons (Fsp3) is 0.333. The van der Waals surface area contributed by atoms with Crippen molar-refractivity contribution >= 4 is 47.8 Å². The molecule has 0 fully saturated rings. The minimum absolute atomic E-state index is 0. The first-order valence-corrected chi connectivity index (χ1v) is 4.25. The Morgan fingerprint density at radius 2 is 2.17 bits per heavy atom. The van der Waals surface area contributed by atoms with Crippen LogP contribution in [0.3, 0.4) is 0 Å². The summed E-state index contributed by atoms with van der Waals surface area (Å²) in [5.41, 5.74) is 3.83. The highest BCUT2D eigenvalue weighted by molar-refractivity contribution is 7.14. The maximum atomic E-state index is 5.71. The standard InChI is InChI=1S/C6H9ClN2S.2ClH/c7-6-3-5(4-10-6)1-2-9-8;;/h3-4,9H,1-2,8H2;2*1H. The summed E-state index contributed by atoms with van der Waals surface area (Å²) in [5, 5.41) is 2.04. The van der Waals surface area contributed by atoms with Crippen LogP contribution < -0.4 is 11.3 Å². The average Bonchev–Trinajstić information content (AvgIpc) is 2.31. The van der Waals surface area contributed by atoms with Crippen molar-refractivity contribution < 1.29 is 0 Å². The average molecular weight is 250 g/mol. The zero-order chi connectivity index (χ0) is 7.40. The van der Waals surface area contributed by atoms with E-state index in [1.165, 1.54) is 5.56 Å². The fourth-order valence-electron chi connectivity index (χ4n) is 0.693. The molecular formula is C6H11Cl3N2S. The van der Waals surface area contributed by atoms with Crippen molar-refractivity contribution in [3.8, 4) is 0 Å². The number of thiophene rings is 1. The highest BCUT2D eigenvalue weighted by Crippen LogP contribution is 2.19. The molecule has 1 aromatic rings. The summed E-state index contributed by atoms with van der Waals surface area (Å²) in [4.78, 5) is 0. The molecule has 1 rings (SSSR count). The zero-order valence-corrected chi connectivity index (χ0v) is 9.45. The molecule has 0 atom stereocenters. The van der Waals surface area contributed by atoms with E-state index in [0.29, 0.717) is 0 Å². The van der Waals surface area contributed by atoms with E-state index in [-0.39, 0.29) is 24.8 Å². The van der Waals surface area contributed by atoms with Gasteiger partial charge in [-0.1, -0.05) is 11.6 Å². The molecule has 0 amide bonds. The monoisotopic (exact) mass is 248 g/mol. The second-order valence-corrected chi connectivity index (χ2v) is 3.51. The third-order valence-electron chi connectivity index (χ3n) is 1.18. The molecule has 12 heavy (non-hydrogen) atoms. The summed E-state index contributed by atoms with van der Waals surface area (Å²) < 4.78 is 0.840. The van der Waals surface area contributed by atoms with Crippen molar-refractivity contribution in [3.63, 3.8) is 0 Å². The van der Waals surface area contributed by atoms with Crippen molar-refractivity contribution in [2.24, 2.45) is 5.84 Å². The number of nitrogens with one attached hydrogen (secondary N) is 1. The Balaban J connectivity index is 0. The third-order valence-corrected chi connectivity index (χ3v) is 2.32. The number of halogens is 3. The van der Waals surface area contributed by atoms with Gasteiger partial charge in [-0.3, -0.25) is 11.3 Å². The minimum Gasteiger partial charge on any atom is -0.271 e. The Morgan fingerprint density at radius 1 is 1.50 bits per heavy atom. The summed E-state index contributed by atoms with van der Waals surface area (Å²) in [6.07, 6.45) is 0.944.